The summed E-state index contributed by atoms with van der Waals surface area (Å²) in [6, 6.07) is 11.8. The molecule has 0 bridgehead atoms. The average molecular weight is 551 g/mol. The van der Waals surface area contributed by atoms with E-state index < -0.39 is 10.0 Å². The minimum absolute atomic E-state index is 0.187. The van der Waals surface area contributed by atoms with Crippen molar-refractivity contribution in [2.45, 2.75) is 32.6 Å². The van der Waals surface area contributed by atoms with Gasteiger partial charge >= 0.3 is 0 Å². The fraction of sp³-hybridized carbons (Fsp3) is 0.462. The van der Waals surface area contributed by atoms with Gasteiger partial charge in [-0.25, -0.2) is 13.4 Å². The van der Waals surface area contributed by atoms with Gasteiger partial charge in [-0.1, -0.05) is 56.7 Å². The van der Waals surface area contributed by atoms with Crippen molar-refractivity contribution < 1.29 is 13.2 Å². The highest BCUT2D eigenvalue weighted by Crippen LogP contribution is 2.33. The number of hydrogen-bond acceptors (Lipinski definition) is 6. The Morgan fingerprint density at radius 1 is 0.972 bits per heavy atom. The van der Waals surface area contributed by atoms with E-state index in [1.165, 1.54) is 27.8 Å². The number of carbonyl (C=O) groups is 1. The summed E-state index contributed by atoms with van der Waals surface area (Å²) in [4.78, 5) is 22.0. The standard InChI is InChI=1S/C26H35ClN4O3S2/c1-18(2)16-30(17-19(3)4)36(33,34)21-12-10-20(11-13-21)25(32)31(15-14-29(5)6)26-28-24-22(27)8-7-9-23(24)35-26/h7-13,18-19H,14-17H2,1-6H3. The van der Waals surface area contributed by atoms with Crippen LogP contribution in [0.15, 0.2) is 47.4 Å². The summed E-state index contributed by atoms with van der Waals surface area (Å²) in [6.07, 6.45) is 0. The normalized spacial score (nSPS) is 12.4. The van der Waals surface area contributed by atoms with E-state index in [1.807, 2.05) is 58.8 Å². The van der Waals surface area contributed by atoms with Crippen LogP contribution in [0.1, 0.15) is 38.1 Å². The van der Waals surface area contributed by atoms with Crippen molar-refractivity contribution >= 4 is 54.2 Å². The predicted molar refractivity (Wildman–Crippen MR) is 150 cm³/mol. The van der Waals surface area contributed by atoms with Crippen LogP contribution in [0, 0.1) is 11.8 Å². The number of para-hydroxylation sites is 1. The molecule has 0 atom stereocenters. The maximum Gasteiger partial charge on any atom is 0.260 e. The molecule has 196 valence electrons. The van der Waals surface area contributed by atoms with Gasteiger partial charge in [-0.3, -0.25) is 9.69 Å². The summed E-state index contributed by atoms with van der Waals surface area (Å²) in [5.74, 6) is 0.163. The van der Waals surface area contributed by atoms with Crippen LogP contribution in [-0.4, -0.2) is 68.8 Å². The number of benzene rings is 2. The van der Waals surface area contributed by atoms with Crippen LogP contribution in [0.2, 0.25) is 5.02 Å². The molecule has 0 radical (unpaired) electrons. The number of sulfonamides is 1. The zero-order valence-electron chi connectivity index (χ0n) is 21.7. The number of carbonyl (C=O) groups excluding carboxylic acids is 1. The van der Waals surface area contributed by atoms with Crippen LogP contribution in [0.4, 0.5) is 5.13 Å². The third-order valence-corrected chi connectivity index (χ3v) is 8.68. The van der Waals surface area contributed by atoms with E-state index in [2.05, 4.69) is 4.98 Å². The van der Waals surface area contributed by atoms with Crippen molar-refractivity contribution in [2.75, 3.05) is 45.2 Å². The van der Waals surface area contributed by atoms with Crippen LogP contribution in [0.25, 0.3) is 10.2 Å². The van der Waals surface area contributed by atoms with Gasteiger partial charge in [0.1, 0.15) is 5.52 Å². The number of likely N-dealkylation sites (N-methyl/N-ethyl adjacent to an activating group) is 1. The molecule has 1 aromatic heterocycles. The first-order chi connectivity index (χ1) is 16.9. The number of aromatic nitrogens is 1. The molecule has 36 heavy (non-hydrogen) atoms. The van der Waals surface area contributed by atoms with Crippen LogP contribution in [0.5, 0.6) is 0 Å². The minimum Gasteiger partial charge on any atom is -0.308 e. The highest BCUT2D eigenvalue weighted by molar-refractivity contribution is 7.89. The van der Waals surface area contributed by atoms with Gasteiger partial charge in [-0.2, -0.15) is 4.31 Å². The summed E-state index contributed by atoms with van der Waals surface area (Å²) in [5, 5.41) is 1.10. The molecule has 2 aromatic carbocycles. The molecule has 0 saturated carbocycles. The molecule has 7 nitrogen and oxygen atoms in total. The molecule has 1 heterocycles. The van der Waals surface area contributed by atoms with Gasteiger partial charge in [0.05, 0.1) is 14.6 Å². The SMILES string of the molecule is CC(C)CN(CC(C)C)S(=O)(=O)c1ccc(C(=O)N(CCN(C)C)c2nc3c(Cl)cccc3s2)cc1. The lowest BCUT2D eigenvalue weighted by molar-refractivity contribution is 0.0985. The van der Waals surface area contributed by atoms with Crippen molar-refractivity contribution in [3.63, 3.8) is 0 Å². The van der Waals surface area contributed by atoms with Crippen LogP contribution in [0.3, 0.4) is 0 Å². The van der Waals surface area contributed by atoms with E-state index in [9.17, 15) is 13.2 Å². The molecule has 3 rings (SSSR count). The summed E-state index contributed by atoms with van der Waals surface area (Å²) in [7, 11) is 0.211. The Hall–Kier alpha value is -2.04. The molecular weight excluding hydrogens is 516 g/mol. The molecular formula is C26H35ClN4O3S2. The number of anilines is 1. The topological polar surface area (TPSA) is 73.8 Å². The molecule has 0 unspecified atom stereocenters. The number of thiazole rings is 1. The molecule has 0 saturated heterocycles. The van der Waals surface area contributed by atoms with E-state index >= 15 is 0 Å². The molecule has 0 aliphatic heterocycles. The van der Waals surface area contributed by atoms with Crippen LogP contribution in [-0.2, 0) is 10.0 Å². The Bertz CT molecular complexity index is 1280. The number of amides is 1. The third kappa shape index (κ3) is 6.83. The van der Waals surface area contributed by atoms with Gasteiger partial charge in [0.25, 0.3) is 5.91 Å². The van der Waals surface area contributed by atoms with E-state index in [1.54, 1.807) is 23.1 Å². The average Bonchev–Trinajstić information content (AvgIpc) is 3.23. The summed E-state index contributed by atoms with van der Waals surface area (Å²) < 4.78 is 29.1. The number of halogens is 1. The summed E-state index contributed by atoms with van der Waals surface area (Å²) in [5.41, 5.74) is 1.07. The van der Waals surface area contributed by atoms with Crippen molar-refractivity contribution in [1.82, 2.24) is 14.2 Å². The fourth-order valence-electron chi connectivity index (χ4n) is 3.76. The fourth-order valence-corrected chi connectivity index (χ4v) is 6.82. The molecule has 3 aromatic rings. The minimum atomic E-state index is -3.67. The lowest BCUT2D eigenvalue weighted by Crippen LogP contribution is -2.37. The second-order valence-corrected chi connectivity index (χ2v) is 13.3. The van der Waals surface area contributed by atoms with Gasteiger partial charge in [0, 0.05) is 31.7 Å². The van der Waals surface area contributed by atoms with E-state index in [4.69, 9.17) is 11.6 Å². The van der Waals surface area contributed by atoms with Crippen molar-refractivity contribution in [3.05, 3.63) is 53.1 Å². The van der Waals surface area contributed by atoms with Crippen molar-refractivity contribution in [1.29, 1.82) is 0 Å². The zero-order chi connectivity index (χ0) is 26.6. The molecule has 0 spiro atoms. The molecule has 1 amide bonds. The number of fused-ring (bicyclic) bond motifs is 1. The third-order valence-electron chi connectivity index (χ3n) is 5.48. The lowest BCUT2D eigenvalue weighted by Gasteiger charge is -2.26. The number of nitrogens with zero attached hydrogens (tertiary/aromatic N) is 4. The van der Waals surface area contributed by atoms with Crippen LogP contribution >= 0.6 is 22.9 Å². The first-order valence-corrected chi connectivity index (χ1v) is 14.7. The summed E-state index contributed by atoms with van der Waals surface area (Å²) in [6.45, 7) is 9.97. The Kier molecular flexibility index (Phi) is 9.51. The Morgan fingerprint density at radius 3 is 2.11 bits per heavy atom. The van der Waals surface area contributed by atoms with Crippen molar-refractivity contribution in [3.8, 4) is 0 Å². The lowest BCUT2D eigenvalue weighted by atomic mass is 10.2. The molecule has 0 N–H and O–H groups in total. The Labute approximate surface area is 223 Å². The second kappa shape index (κ2) is 12.0. The second-order valence-electron chi connectivity index (χ2n) is 9.98. The number of hydrogen-bond donors (Lipinski definition) is 0. The first-order valence-electron chi connectivity index (χ1n) is 12.0. The van der Waals surface area contributed by atoms with Crippen LogP contribution < -0.4 is 4.90 Å². The van der Waals surface area contributed by atoms with Crippen molar-refractivity contribution in [2.24, 2.45) is 11.8 Å². The Morgan fingerprint density at radius 2 is 1.58 bits per heavy atom. The molecule has 10 heteroatoms. The van der Waals surface area contributed by atoms with E-state index in [0.717, 1.165) is 4.70 Å². The van der Waals surface area contributed by atoms with Gasteiger partial charge in [-0.15, -0.1) is 0 Å². The largest absolute Gasteiger partial charge is 0.308 e. The maximum absolute atomic E-state index is 13.6. The van der Waals surface area contributed by atoms with Gasteiger partial charge in [0.15, 0.2) is 5.13 Å². The molecule has 0 fully saturated rings. The predicted octanol–water partition coefficient (Wildman–Crippen LogP) is 5.46. The van der Waals surface area contributed by atoms with Gasteiger partial charge < -0.3 is 4.90 Å². The number of rotatable bonds is 11. The monoisotopic (exact) mass is 550 g/mol. The first kappa shape index (κ1) is 28.5. The highest BCUT2D eigenvalue weighted by atomic mass is 35.5. The van der Waals surface area contributed by atoms with E-state index in [-0.39, 0.29) is 22.6 Å². The quantitative estimate of drug-likeness (QED) is 0.317. The van der Waals surface area contributed by atoms with Gasteiger partial charge in [-0.05, 0) is 62.3 Å². The smallest absolute Gasteiger partial charge is 0.260 e. The summed E-state index contributed by atoms with van der Waals surface area (Å²) >= 11 is 7.72. The maximum atomic E-state index is 13.6. The van der Waals surface area contributed by atoms with E-state index in [0.29, 0.717) is 47.4 Å². The zero-order valence-corrected chi connectivity index (χ0v) is 24.1. The Balaban J connectivity index is 1.92. The molecule has 0 aliphatic rings. The highest BCUT2D eigenvalue weighted by Gasteiger charge is 2.27. The van der Waals surface area contributed by atoms with Gasteiger partial charge in [0.2, 0.25) is 10.0 Å². The molecule has 0 aliphatic carbocycles.